The molecule has 1 heterocycles. The van der Waals surface area contributed by atoms with Gasteiger partial charge in [0.1, 0.15) is 5.75 Å². The van der Waals surface area contributed by atoms with Gasteiger partial charge in [-0.1, -0.05) is 18.2 Å². The predicted octanol–water partition coefficient (Wildman–Crippen LogP) is 3.14. The van der Waals surface area contributed by atoms with Crippen LogP contribution in [0.15, 0.2) is 36.4 Å². The van der Waals surface area contributed by atoms with Crippen LogP contribution in [-0.4, -0.2) is 18.1 Å². The van der Waals surface area contributed by atoms with Gasteiger partial charge in [0.05, 0.1) is 6.61 Å². The molecule has 0 saturated carbocycles. The van der Waals surface area contributed by atoms with Gasteiger partial charge in [-0.05, 0) is 50.6 Å². The summed E-state index contributed by atoms with van der Waals surface area (Å²) in [6, 6.07) is 12.1. The third-order valence-corrected chi connectivity index (χ3v) is 3.34. The number of para-hydroxylation sites is 1. The summed E-state index contributed by atoms with van der Waals surface area (Å²) in [5, 5.41) is 0. The lowest BCUT2D eigenvalue weighted by Crippen LogP contribution is -2.15. The average Bonchev–Trinajstić information content (AvgIpc) is 2.75. The number of nitrogens with two attached hydrogens (primary N) is 1. The molecule has 1 aromatic carbocycles. The predicted molar refractivity (Wildman–Crippen MR) is 78.6 cm³/mol. The van der Waals surface area contributed by atoms with Crippen molar-refractivity contribution < 1.29 is 4.74 Å². The minimum Gasteiger partial charge on any atom is -0.493 e. The summed E-state index contributed by atoms with van der Waals surface area (Å²) in [7, 11) is 0. The molecule has 1 atom stereocenters. The van der Waals surface area contributed by atoms with E-state index < -0.39 is 0 Å². The summed E-state index contributed by atoms with van der Waals surface area (Å²) >= 11 is 0. The van der Waals surface area contributed by atoms with Crippen LogP contribution in [0.3, 0.4) is 0 Å². The Kier molecular flexibility index (Phi) is 4.63. The van der Waals surface area contributed by atoms with Crippen molar-refractivity contribution in [2.75, 3.05) is 13.2 Å². The zero-order chi connectivity index (χ0) is 13.7. The molecule has 0 aliphatic heterocycles. The highest BCUT2D eigenvalue weighted by molar-refractivity contribution is 5.29. The SMILES string of the molecule is Cc1cc(C(CCN)COc2ccccc2)c(C)[nH]1. The van der Waals surface area contributed by atoms with Gasteiger partial charge in [0, 0.05) is 17.3 Å². The van der Waals surface area contributed by atoms with Crippen LogP contribution in [-0.2, 0) is 0 Å². The zero-order valence-corrected chi connectivity index (χ0v) is 11.6. The van der Waals surface area contributed by atoms with Crippen molar-refractivity contribution in [1.29, 1.82) is 0 Å². The molecule has 3 heteroatoms. The maximum absolute atomic E-state index is 5.87. The molecule has 3 nitrogen and oxygen atoms in total. The molecule has 0 radical (unpaired) electrons. The average molecular weight is 258 g/mol. The van der Waals surface area contributed by atoms with Gasteiger partial charge in [-0.2, -0.15) is 0 Å². The third kappa shape index (κ3) is 3.61. The minimum atomic E-state index is 0.343. The van der Waals surface area contributed by atoms with E-state index in [-0.39, 0.29) is 0 Å². The van der Waals surface area contributed by atoms with Gasteiger partial charge < -0.3 is 15.5 Å². The van der Waals surface area contributed by atoms with Crippen LogP contribution in [0, 0.1) is 13.8 Å². The van der Waals surface area contributed by atoms with Crippen molar-refractivity contribution in [3.63, 3.8) is 0 Å². The summed E-state index contributed by atoms with van der Waals surface area (Å²) < 4.78 is 5.87. The van der Waals surface area contributed by atoms with E-state index in [1.807, 2.05) is 30.3 Å². The van der Waals surface area contributed by atoms with Crippen LogP contribution in [0.5, 0.6) is 5.75 Å². The number of aromatic amines is 1. The lowest BCUT2D eigenvalue weighted by atomic mass is 9.96. The molecule has 3 N–H and O–H groups in total. The van der Waals surface area contributed by atoms with E-state index in [4.69, 9.17) is 10.5 Å². The van der Waals surface area contributed by atoms with E-state index in [9.17, 15) is 0 Å². The summed E-state index contributed by atoms with van der Waals surface area (Å²) in [5.41, 5.74) is 9.45. The fraction of sp³-hybridized carbons (Fsp3) is 0.375. The van der Waals surface area contributed by atoms with Crippen LogP contribution in [0.2, 0.25) is 0 Å². The summed E-state index contributed by atoms with van der Waals surface area (Å²) in [5.74, 6) is 1.25. The Morgan fingerprint density at radius 1 is 1.21 bits per heavy atom. The quantitative estimate of drug-likeness (QED) is 0.836. The van der Waals surface area contributed by atoms with Crippen molar-refractivity contribution in [3.8, 4) is 5.75 Å². The topological polar surface area (TPSA) is 51.0 Å². The van der Waals surface area contributed by atoms with Crippen molar-refractivity contribution in [2.24, 2.45) is 5.73 Å². The Bertz CT molecular complexity index is 505. The second-order valence-electron chi connectivity index (χ2n) is 4.93. The van der Waals surface area contributed by atoms with E-state index in [0.717, 1.165) is 12.2 Å². The lowest BCUT2D eigenvalue weighted by Gasteiger charge is -2.17. The van der Waals surface area contributed by atoms with E-state index in [0.29, 0.717) is 19.1 Å². The monoisotopic (exact) mass is 258 g/mol. The molecule has 0 amide bonds. The first-order valence-corrected chi connectivity index (χ1v) is 6.74. The first-order valence-electron chi connectivity index (χ1n) is 6.74. The first kappa shape index (κ1) is 13.7. The molecule has 0 aliphatic rings. The van der Waals surface area contributed by atoms with Crippen LogP contribution >= 0.6 is 0 Å². The van der Waals surface area contributed by atoms with Gasteiger partial charge in [-0.25, -0.2) is 0 Å². The van der Waals surface area contributed by atoms with Crippen molar-refractivity contribution in [1.82, 2.24) is 4.98 Å². The van der Waals surface area contributed by atoms with Gasteiger partial charge in [0.15, 0.2) is 0 Å². The minimum absolute atomic E-state index is 0.343. The Labute approximate surface area is 114 Å². The van der Waals surface area contributed by atoms with E-state index in [1.165, 1.54) is 17.0 Å². The Morgan fingerprint density at radius 3 is 2.53 bits per heavy atom. The third-order valence-electron chi connectivity index (χ3n) is 3.34. The smallest absolute Gasteiger partial charge is 0.119 e. The van der Waals surface area contributed by atoms with Crippen molar-refractivity contribution >= 4 is 0 Å². The van der Waals surface area contributed by atoms with Gasteiger partial charge in [0.25, 0.3) is 0 Å². The number of ether oxygens (including phenoxy) is 1. The highest BCUT2D eigenvalue weighted by Crippen LogP contribution is 2.25. The van der Waals surface area contributed by atoms with Crippen LogP contribution in [0.4, 0.5) is 0 Å². The van der Waals surface area contributed by atoms with Crippen LogP contribution in [0.1, 0.15) is 29.3 Å². The Morgan fingerprint density at radius 2 is 1.95 bits per heavy atom. The second-order valence-corrected chi connectivity index (χ2v) is 4.93. The largest absolute Gasteiger partial charge is 0.493 e. The second kappa shape index (κ2) is 6.43. The molecule has 2 aromatic rings. The first-order chi connectivity index (χ1) is 9.20. The number of hydrogen-bond donors (Lipinski definition) is 2. The molecule has 1 aromatic heterocycles. The standard InChI is InChI=1S/C16H22N2O/c1-12-10-16(13(2)18-12)14(8-9-17)11-19-15-6-4-3-5-7-15/h3-7,10,14,18H,8-9,11,17H2,1-2H3. The van der Waals surface area contributed by atoms with E-state index in [1.54, 1.807) is 0 Å². The van der Waals surface area contributed by atoms with Crippen molar-refractivity contribution in [3.05, 3.63) is 53.3 Å². The highest BCUT2D eigenvalue weighted by Gasteiger charge is 2.16. The molecular weight excluding hydrogens is 236 g/mol. The Hall–Kier alpha value is -1.74. The highest BCUT2D eigenvalue weighted by atomic mass is 16.5. The van der Waals surface area contributed by atoms with E-state index >= 15 is 0 Å². The lowest BCUT2D eigenvalue weighted by molar-refractivity contribution is 0.282. The molecule has 0 aliphatic carbocycles. The fourth-order valence-electron chi connectivity index (χ4n) is 2.41. The number of H-pyrrole nitrogens is 1. The number of benzene rings is 1. The summed E-state index contributed by atoms with van der Waals surface area (Å²) in [6.07, 6.45) is 0.935. The number of aromatic nitrogens is 1. The maximum atomic E-state index is 5.87. The molecule has 0 fully saturated rings. The number of rotatable bonds is 6. The molecule has 102 valence electrons. The number of hydrogen-bond acceptors (Lipinski definition) is 2. The molecule has 19 heavy (non-hydrogen) atoms. The fourth-order valence-corrected chi connectivity index (χ4v) is 2.41. The summed E-state index contributed by atoms with van der Waals surface area (Å²) in [6.45, 7) is 5.52. The van der Waals surface area contributed by atoms with Gasteiger partial charge >= 0.3 is 0 Å². The maximum Gasteiger partial charge on any atom is 0.119 e. The van der Waals surface area contributed by atoms with Crippen LogP contribution in [0.25, 0.3) is 0 Å². The molecular formula is C16H22N2O. The summed E-state index contributed by atoms with van der Waals surface area (Å²) in [4.78, 5) is 3.35. The molecule has 0 spiro atoms. The molecule has 0 saturated heterocycles. The van der Waals surface area contributed by atoms with Gasteiger partial charge in [-0.3, -0.25) is 0 Å². The Balaban J connectivity index is 2.06. The normalized spacial score (nSPS) is 12.4. The van der Waals surface area contributed by atoms with Gasteiger partial charge in [-0.15, -0.1) is 0 Å². The molecule has 1 unspecified atom stereocenters. The van der Waals surface area contributed by atoms with E-state index in [2.05, 4.69) is 24.9 Å². The van der Waals surface area contributed by atoms with Crippen molar-refractivity contribution in [2.45, 2.75) is 26.2 Å². The number of nitrogens with one attached hydrogen (secondary N) is 1. The number of aryl methyl sites for hydroxylation is 2. The van der Waals surface area contributed by atoms with Gasteiger partial charge in [0.2, 0.25) is 0 Å². The van der Waals surface area contributed by atoms with Crippen LogP contribution < -0.4 is 10.5 Å². The molecule has 2 rings (SSSR count). The zero-order valence-electron chi connectivity index (χ0n) is 11.6. The molecule has 0 bridgehead atoms.